The molecule has 3 aromatic rings. The number of hydrogen-bond donors (Lipinski definition) is 1. The van der Waals surface area contributed by atoms with Gasteiger partial charge in [0.1, 0.15) is 0 Å². The van der Waals surface area contributed by atoms with Gasteiger partial charge in [0, 0.05) is 17.2 Å². The zero-order valence-electron chi connectivity index (χ0n) is 13.6. The number of rotatable bonds is 5. The maximum absolute atomic E-state index is 12.5. The third-order valence-electron chi connectivity index (χ3n) is 3.70. The lowest BCUT2D eigenvalue weighted by Crippen LogP contribution is -2.22. The second-order valence-corrected chi connectivity index (χ2v) is 5.47. The van der Waals surface area contributed by atoms with E-state index in [0.717, 1.165) is 5.56 Å². The number of carbonyl (C=O) groups excluding carboxylic acids is 2. The second-order valence-electron chi connectivity index (χ2n) is 5.47. The maximum atomic E-state index is 12.5. The first-order valence-corrected chi connectivity index (χ1v) is 7.97. The maximum Gasteiger partial charge on any atom is 0.255 e. The van der Waals surface area contributed by atoms with Crippen molar-refractivity contribution < 1.29 is 9.59 Å². The Hall–Kier alpha value is -3.46. The fourth-order valence-electron chi connectivity index (χ4n) is 2.41. The van der Waals surface area contributed by atoms with Gasteiger partial charge in [0.15, 0.2) is 5.78 Å². The van der Waals surface area contributed by atoms with Crippen molar-refractivity contribution in [2.75, 3.05) is 0 Å². The molecule has 0 heterocycles. The van der Waals surface area contributed by atoms with E-state index in [-0.39, 0.29) is 11.7 Å². The van der Waals surface area contributed by atoms with Gasteiger partial charge in [0.25, 0.3) is 5.91 Å². The van der Waals surface area contributed by atoms with E-state index in [0.29, 0.717) is 16.8 Å². The first-order valence-electron chi connectivity index (χ1n) is 7.97. The van der Waals surface area contributed by atoms with Crippen molar-refractivity contribution in [3.8, 4) is 0 Å². The Balaban J connectivity index is 1.92. The van der Waals surface area contributed by atoms with Crippen LogP contribution in [0.25, 0.3) is 5.70 Å². The quantitative estimate of drug-likeness (QED) is 0.560. The molecule has 122 valence electrons. The number of carbonyl (C=O) groups is 2. The fourth-order valence-corrected chi connectivity index (χ4v) is 2.41. The highest BCUT2D eigenvalue weighted by molar-refractivity contribution is 6.10. The van der Waals surface area contributed by atoms with Crippen LogP contribution in [0.2, 0.25) is 0 Å². The lowest BCUT2D eigenvalue weighted by molar-refractivity contribution is 0.0974. The van der Waals surface area contributed by atoms with Crippen LogP contribution in [-0.2, 0) is 0 Å². The van der Waals surface area contributed by atoms with Gasteiger partial charge in [-0.3, -0.25) is 9.59 Å². The zero-order chi connectivity index (χ0) is 17.5. The van der Waals surface area contributed by atoms with Crippen molar-refractivity contribution >= 4 is 17.4 Å². The summed E-state index contributed by atoms with van der Waals surface area (Å²) in [6.45, 7) is 0. The second kappa shape index (κ2) is 7.88. The summed E-state index contributed by atoms with van der Waals surface area (Å²) in [5.74, 6) is -0.413. The Bertz CT molecular complexity index is 885. The molecule has 0 unspecified atom stereocenters. The summed E-state index contributed by atoms with van der Waals surface area (Å²) in [6.07, 6.45) is 1.46. The number of hydrogen-bond acceptors (Lipinski definition) is 2. The molecule has 0 spiro atoms. The van der Waals surface area contributed by atoms with Gasteiger partial charge in [0.2, 0.25) is 0 Å². The van der Waals surface area contributed by atoms with Gasteiger partial charge in [-0.05, 0) is 17.7 Å². The molecule has 0 aromatic heterocycles. The number of ketones is 1. The van der Waals surface area contributed by atoms with Crippen molar-refractivity contribution in [2.24, 2.45) is 0 Å². The van der Waals surface area contributed by atoms with Crippen LogP contribution in [0, 0.1) is 0 Å². The van der Waals surface area contributed by atoms with Crippen LogP contribution in [0.4, 0.5) is 0 Å². The van der Waals surface area contributed by atoms with Gasteiger partial charge >= 0.3 is 0 Å². The molecular formula is C22H17NO2. The minimum absolute atomic E-state index is 0.159. The molecule has 3 aromatic carbocycles. The van der Waals surface area contributed by atoms with E-state index in [1.807, 2.05) is 54.6 Å². The molecule has 0 radical (unpaired) electrons. The monoisotopic (exact) mass is 327 g/mol. The molecule has 3 nitrogen and oxygen atoms in total. The number of allylic oxidation sites excluding steroid dienone is 1. The first kappa shape index (κ1) is 16.4. The number of nitrogens with one attached hydrogen (secondary N) is 1. The Morgan fingerprint density at radius 3 is 1.56 bits per heavy atom. The largest absolute Gasteiger partial charge is 0.321 e. The molecule has 1 amide bonds. The van der Waals surface area contributed by atoms with E-state index in [1.165, 1.54) is 6.08 Å². The predicted molar refractivity (Wildman–Crippen MR) is 99.1 cm³/mol. The van der Waals surface area contributed by atoms with Crippen LogP contribution < -0.4 is 5.32 Å². The number of benzene rings is 3. The molecular weight excluding hydrogens is 310 g/mol. The van der Waals surface area contributed by atoms with Crippen LogP contribution >= 0.6 is 0 Å². The summed E-state index contributed by atoms with van der Waals surface area (Å²) in [4.78, 5) is 25.0. The highest BCUT2D eigenvalue weighted by Gasteiger charge is 2.11. The van der Waals surface area contributed by atoms with Crippen molar-refractivity contribution in [1.82, 2.24) is 5.32 Å². The molecule has 0 aliphatic rings. The Morgan fingerprint density at radius 2 is 1.04 bits per heavy atom. The molecule has 0 aliphatic heterocycles. The van der Waals surface area contributed by atoms with Crippen molar-refractivity contribution in [3.05, 3.63) is 114 Å². The highest BCUT2D eigenvalue weighted by atomic mass is 16.1. The molecule has 0 saturated heterocycles. The standard InChI is InChI=1S/C22H17NO2/c24-21(18-12-6-2-7-13-18)16-20(17-10-4-1-5-11-17)23-22(25)19-14-8-3-9-15-19/h1-16H,(H,23,25)/b20-16-. The fraction of sp³-hybridized carbons (Fsp3) is 0. The summed E-state index contributed by atoms with van der Waals surface area (Å²) in [6, 6.07) is 27.2. The Morgan fingerprint density at radius 1 is 0.600 bits per heavy atom. The molecule has 0 saturated carbocycles. The van der Waals surface area contributed by atoms with Gasteiger partial charge in [0.05, 0.1) is 5.70 Å². The van der Waals surface area contributed by atoms with E-state index in [1.54, 1.807) is 36.4 Å². The normalized spacial score (nSPS) is 11.0. The van der Waals surface area contributed by atoms with E-state index < -0.39 is 0 Å². The van der Waals surface area contributed by atoms with Crippen LogP contribution in [-0.4, -0.2) is 11.7 Å². The number of amides is 1. The van der Waals surface area contributed by atoms with Crippen molar-refractivity contribution in [3.63, 3.8) is 0 Å². The molecule has 0 aliphatic carbocycles. The first-order chi connectivity index (χ1) is 12.2. The minimum atomic E-state index is -0.253. The molecule has 0 atom stereocenters. The Labute approximate surface area is 146 Å². The van der Waals surface area contributed by atoms with Crippen molar-refractivity contribution in [2.45, 2.75) is 0 Å². The molecule has 25 heavy (non-hydrogen) atoms. The topological polar surface area (TPSA) is 46.2 Å². The van der Waals surface area contributed by atoms with Crippen LogP contribution in [0.3, 0.4) is 0 Å². The van der Waals surface area contributed by atoms with E-state index in [2.05, 4.69) is 5.32 Å². The lowest BCUT2D eigenvalue weighted by Gasteiger charge is -2.10. The van der Waals surface area contributed by atoms with E-state index in [4.69, 9.17) is 0 Å². The minimum Gasteiger partial charge on any atom is -0.321 e. The van der Waals surface area contributed by atoms with Crippen LogP contribution in [0.5, 0.6) is 0 Å². The SMILES string of the molecule is O=C(/C=C(\NC(=O)c1ccccc1)c1ccccc1)c1ccccc1. The average molecular weight is 327 g/mol. The highest BCUT2D eigenvalue weighted by Crippen LogP contribution is 2.14. The molecule has 1 N–H and O–H groups in total. The lowest BCUT2D eigenvalue weighted by atomic mass is 10.1. The van der Waals surface area contributed by atoms with Gasteiger partial charge in [-0.2, -0.15) is 0 Å². The van der Waals surface area contributed by atoms with Gasteiger partial charge in [-0.15, -0.1) is 0 Å². The van der Waals surface area contributed by atoms with Crippen LogP contribution in [0.15, 0.2) is 97.1 Å². The molecule has 0 bridgehead atoms. The third kappa shape index (κ3) is 4.30. The van der Waals surface area contributed by atoms with Gasteiger partial charge < -0.3 is 5.32 Å². The molecule has 3 heteroatoms. The van der Waals surface area contributed by atoms with Crippen LogP contribution in [0.1, 0.15) is 26.3 Å². The zero-order valence-corrected chi connectivity index (χ0v) is 13.6. The summed E-state index contributed by atoms with van der Waals surface area (Å²) >= 11 is 0. The predicted octanol–water partition coefficient (Wildman–Crippen LogP) is 4.34. The Kier molecular flexibility index (Phi) is 5.17. The van der Waals surface area contributed by atoms with E-state index >= 15 is 0 Å². The molecule has 3 rings (SSSR count). The van der Waals surface area contributed by atoms with Gasteiger partial charge in [-0.25, -0.2) is 0 Å². The molecule has 0 fully saturated rings. The smallest absolute Gasteiger partial charge is 0.255 e. The summed E-state index contributed by atoms with van der Waals surface area (Å²) in [5, 5.41) is 2.85. The van der Waals surface area contributed by atoms with Crippen molar-refractivity contribution in [1.29, 1.82) is 0 Å². The van der Waals surface area contributed by atoms with Gasteiger partial charge in [-0.1, -0.05) is 78.9 Å². The summed E-state index contributed by atoms with van der Waals surface area (Å²) < 4.78 is 0. The van der Waals surface area contributed by atoms with E-state index in [9.17, 15) is 9.59 Å². The summed E-state index contributed by atoms with van der Waals surface area (Å²) in [7, 11) is 0. The average Bonchev–Trinajstić information content (AvgIpc) is 2.69. The third-order valence-corrected chi connectivity index (χ3v) is 3.70. The summed E-state index contributed by atoms with van der Waals surface area (Å²) in [5.41, 5.74) is 2.36.